The maximum atomic E-state index is 13.0. The molecule has 2 aliphatic heterocycles. The zero-order chi connectivity index (χ0) is 22.0. The van der Waals surface area contributed by atoms with E-state index in [0.29, 0.717) is 29.5 Å². The van der Waals surface area contributed by atoms with Gasteiger partial charge in [-0.05, 0) is 55.5 Å². The number of amides is 3. The van der Waals surface area contributed by atoms with E-state index in [0.717, 1.165) is 4.90 Å². The quantitative estimate of drug-likeness (QED) is 0.682. The van der Waals surface area contributed by atoms with Crippen molar-refractivity contribution in [3.05, 3.63) is 48.5 Å². The van der Waals surface area contributed by atoms with Gasteiger partial charge >= 0.3 is 0 Å². The molecule has 1 N–H and O–H groups in total. The first-order valence-corrected chi connectivity index (χ1v) is 9.74. The van der Waals surface area contributed by atoms with Crippen LogP contribution in [0.1, 0.15) is 6.92 Å². The fourth-order valence-corrected chi connectivity index (χ4v) is 3.49. The lowest BCUT2D eigenvalue weighted by Crippen LogP contribution is -2.43. The van der Waals surface area contributed by atoms with E-state index < -0.39 is 23.9 Å². The molecular weight excluding hydrogens is 402 g/mol. The molecule has 3 amide bonds. The van der Waals surface area contributed by atoms with Crippen LogP contribution in [0.3, 0.4) is 0 Å². The van der Waals surface area contributed by atoms with Crippen LogP contribution in [-0.2, 0) is 14.4 Å². The number of carbonyl (C=O) groups is 3. The molecule has 10 nitrogen and oxygen atoms in total. The summed E-state index contributed by atoms with van der Waals surface area (Å²) in [5.74, 6) is -0.0232. The summed E-state index contributed by atoms with van der Waals surface area (Å²) in [7, 11) is 1.53. The van der Waals surface area contributed by atoms with E-state index in [4.69, 9.17) is 9.47 Å². The molecule has 2 aromatic rings. The molecule has 0 spiro atoms. The van der Waals surface area contributed by atoms with Gasteiger partial charge in [-0.1, -0.05) is 5.22 Å². The van der Waals surface area contributed by atoms with Crippen LogP contribution in [0.2, 0.25) is 0 Å². The molecule has 31 heavy (non-hydrogen) atoms. The zero-order valence-electron chi connectivity index (χ0n) is 17.0. The van der Waals surface area contributed by atoms with Gasteiger partial charge in [-0.25, -0.2) is 4.90 Å². The average molecular weight is 423 g/mol. The number of ether oxygens (including phenoxy) is 2. The van der Waals surface area contributed by atoms with Gasteiger partial charge < -0.3 is 14.8 Å². The minimum atomic E-state index is -0.965. The lowest BCUT2D eigenvalue weighted by molar-refractivity contribution is -0.123. The van der Waals surface area contributed by atoms with E-state index in [-0.39, 0.29) is 12.5 Å². The minimum Gasteiger partial charge on any atom is -0.497 e. The fourth-order valence-electron chi connectivity index (χ4n) is 3.49. The van der Waals surface area contributed by atoms with Gasteiger partial charge in [0.25, 0.3) is 11.8 Å². The first-order chi connectivity index (χ1) is 15.0. The Bertz CT molecular complexity index is 1020. The predicted molar refractivity (Wildman–Crippen MR) is 111 cm³/mol. The molecule has 1 saturated heterocycles. The normalized spacial score (nSPS) is 19.5. The van der Waals surface area contributed by atoms with Crippen molar-refractivity contribution in [3.63, 3.8) is 0 Å². The molecule has 160 valence electrons. The van der Waals surface area contributed by atoms with Crippen LogP contribution in [0, 0.1) is 0 Å². The lowest BCUT2D eigenvalue weighted by atomic mass is 10.1. The lowest BCUT2D eigenvalue weighted by Gasteiger charge is -2.20. The largest absolute Gasteiger partial charge is 0.497 e. The number of hydrogen-bond donors (Lipinski definition) is 1. The first-order valence-electron chi connectivity index (χ1n) is 9.74. The van der Waals surface area contributed by atoms with E-state index in [1.54, 1.807) is 48.5 Å². The smallest absolute Gasteiger partial charge is 0.263 e. The van der Waals surface area contributed by atoms with Crippen LogP contribution in [0.5, 0.6) is 11.5 Å². The van der Waals surface area contributed by atoms with Crippen LogP contribution in [0.15, 0.2) is 58.9 Å². The van der Waals surface area contributed by atoms with Gasteiger partial charge in [0.1, 0.15) is 18.0 Å². The van der Waals surface area contributed by atoms with E-state index in [9.17, 15) is 14.4 Å². The summed E-state index contributed by atoms with van der Waals surface area (Å²) in [5.41, 5.74) is 0.994. The molecule has 0 unspecified atom stereocenters. The number of rotatable bonds is 7. The SMILES string of the molecule is CCOc1ccc(NC(=O)CN2N=N[C@H]3C(=O)N(c4ccc(OC)cc4)C(=O)[C@H]32)cc1. The molecule has 2 atom stereocenters. The number of anilines is 2. The number of nitrogens with one attached hydrogen (secondary N) is 1. The summed E-state index contributed by atoms with van der Waals surface area (Å²) >= 11 is 0. The second-order valence-corrected chi connectivity index (χ2v) is 6.91. The zero-order valence-corrected chi connectivity index (χ0v) is 17.0. The fraction of sp³-hybridized carbons (Fsp3) is 0.286. The Morgan fingerprint density at radius 2 is 1.71 bits per heavy atom. The molecule has 0 bridgehead atoms. The summed E-state index contributed by atoms with van der Waals surface area (Å²) in [6.07, 6.45) is 0. The maximum absolute atomic E-state index is 13.0. The number of nitrogens with zero attached hydrogens (tertiary/aromatic N) is 4. The second kappa shape index (κ2) is 8.42. The van der Waals surface area contributed by atoms with Crippen molar-refractivity contribution in [2.45, 2.75) is 19.0 Å². The van der Waals surface area contributed by atoms with Crippen molar-refractivity contribution in [2.75, 3.05) is 30.5 Å². The Labute approximate surface area is 178 Å². The number of carbonyl (C=O) groups excluding carboxylic acids is 3. The highest BCUT2D eigenvalue weighted by Crippen LogP contribution is 2.32. The number of benzene rings is 2. The summed E-state index contributed by atoms with van der Waals surface area (Å²) in [5, 5.41) is 11.8. The van der Waals surface area contributed by atoms with Crippen LogP contribution in [-0.4, -0.2) is 55.1 Å². The Morgan fingerprint density at radius 3 is 2.35 bits per heavy atom. The highest BCUT2D eigenvalue weighted by Gasteiger charge is 2.55. The van der Waals surface area contributed by atoms with E-state index in [2.05, 4.69) is 15.7 Å². The third-order valence-corrected chi connectivity index (χ3v) is 4.94. The molecule has 0 radical (unpaired) electrons. The molecule has 0 aliphatic carbocycles. The first kappa shape index (κ1) is 20.3. The van der Waals surface area contributed by atoms with Crippen molar-refractivity contribution < 1.29 is 23.9 Å². The minimum absolute atomic E-state index is 0.215. The number of methoxy groups -OCH3 is 1. The highest BCUT2D eigenvalue weighted by molar-refractivity contribution is 6.25. The molecule has 1 fully saturated rings. The topological polar surface area (TPSA) is 113 Å². The molecule has 4 rings (SSSR count). The van der Waals surface area contributed by atoms with Crippen molar-refractivity contribution in [1.82, 2.24) is 5.01 Å². The molecule has 2 aliphatic rings. The summed E-state index contributed by atoms with van der Waals surface area (Å²) in [6.45, 7) is 2.22. The number of hydrogen-bond acceptors (Lipinski definition) is 8. The van der Waals surface area contributed by atoms with Gasteiger partial charge in [0.05, 0.1) is 19.4 Å². The Kier molecular flexibility index (Phi) is 5.52. The number of imide groups is 1. The van der Waals surface area contributed by atoms with Gasteiger partial charge in [0.2, 0.25) is 5.91 Å². The standard InChI is InChI=1S/C21H21N5O5/c1-3-31-16-8-4-13(5-9-16)22-17(27)12-25-19-18(23-24-25)20(28)26(21(19)29)14-6-10-15(30-2)11-7-14/h4-11,18-19H,3,12H2,1-2H3,(H,22,27)/t18-,19+/m1/s1. The van der Waals surface area contributed by atoms with Crippen molar-refractivity contribution in [3.8, 4) is 11.5 Å². The molecule has 0 saturated carbocycles. The van der Waals surface area contributed by atoms with Gasteiger partial charge in [0.15, 0.2) is 12.1 Å². The van der Waals surface area contributed by atoms with E-state index >= 15 is 0 Å². The van der Waals surface area contributed by atoms with Crippen LogP contribution >= 0.6 is 0 Å². The molecule has 2 heterocycles. The molecule has 2 aromatic carbocycles. The van der Waals surface area contributed by atoms with Crippen molar-refractivity contribution in [2.24, 2.45) is 10.3 Å². The summed E-state index contributed by atoms with van der Waals surface area (Å²) in [6, 6.07) is 11.6. The number of fused-ring (bicyclic) bond motifs is 1. The van der Waals surface area contributed by atoms with Crippen molar-refractivity contribution in [1.29, 1.82) is 0 Å². The molecule has 10 heteroatoms. The Morgan fingerprint density at radius 1 is 1.03 bits per heavy atom. The van der Waals surface area contributed by atoms with E-state index in [1.165, 1.54) is 12.1 Å². The summed E-state index contributed by atoms with van der Waals surface area (Å²) in [4.78, 5) is 39.3. The molecule has 0 aromatic heterocycles. The highest BCUT2D eigenvalue weighted by atomic mass is 16.5. The molecular formula is C21H21N5O5. The van der Waals surface area contributed by atoms with Gasteiger partial charge in [-0.15, -0.1) is 0 Å². The monoisotopic (exact) mass is 423 g/mol. The van der Waals surface area contributed by atoms with E-state index in [1.807, 2.05) is 6.92 Å². The van der Waals surface area contributed by atoms with Gasteiger partial charge in [-0.2, -0.15) is 5.11 Å². The summed E-state index contributed by atoms with van der Waals surface area (Å²) < 4.78 is 10.5. The average Bonchev–Trinajstić information content (AvgIpc) is 3.29. The van der Waals surface area contributed by atoms with Crippen molar-refractivity contribution >= 4 is 29.1 Å². The van der Waals surface area contributed by atoms with Crippen LogP contribution in [0.4, 0.5) is 11.4 Å². The Hall–Kier alpha value is -3.95. The second-order valence-electron chi connectivity index (χ2n) is 6.91. The Balaban J connectivity index is 1.43. The van der Waals surface area contributed by atoms with Gasteiger partial charge in [-0.3, -0.25) is 19.4 Å². The maximum Gasteiger partial charge on any atom is 0.263 e. The predicted octanol–water partition coefficient (Wildman–Crippen LogP) is 2.03. The van der Waals surface area contributed by atoms with Gasteiger partial charge in [0, 0.05) is 5.69 Å². The third-order valence-electron chi connectivity index (χ3n) is 4.94. The van der Waals surface area contributed by atoms with Crippen LogP contribution in [0.25, 0.3) is 0 Å². The van der Waals surface area contributed by atoms with Crippen LogP contribution < -0.4 is 19.7 Å². The third kappa shape index (κ3) is 3.91.